The van der Waals surface area contributed by atoms with Gasteiger partial charge in [0.05, 0.1) is 12.7 Å². The van der Waals surface area contributed by atoms with Gasteiger partial charge in [0.1, 0.15) is 17.9 Å². The number of aromatic amines is 1. The number of esters is 1. The molecule has 2 heterocycles. The van der Waals surface area contributed by atoms with Gasteiger partial charge in [-0.2, -0.15) is 0 Å². The van der Waals surface area contributed by atoms with Gasteiger partial charge in [0.15, 0.2) is 18.0 Å². The predicted molar refractivity (Wildman–Crippen MR) is 150 cm³/mol. The lowest BCUT2D eigenvalue weighted by atomic mass is 9.97. The molecule has 0 bridgehead atoms. The Labute approximate surface area is 242 Å². The van der Waals surface area contributed by atoms with Crippen LogP contribution < -0.4 is 20.9 Å². The first-order valence-corrected chi connectivity index (χ1v) is 15.4. The highest BCUT2D eigenvalue weighted by molar-refractivity contribution is 8.09. The highest BCUT2D eigenvalue weighted by atomic mass is 32.5. The maximum Gasteiger partial charge on any atom is 0.330 e. The fourth-order valence-corrected chi connectivity index (χ4v) is 6.66. The van der Waals surface area contributed by atoms with Crippen LogP contribution in [0, 0.1) is 0 Å². The van der Waals surface area contributed by atoms with Crippen molar-refractivity contribution in [1.29, 1.82) is 0 Å². The molecule has 16 heteroatoms. The minimum Gasteiger partial charge on any atom is -0.462 e. The van der Waals surface area contributed by atoms with Crippen LogP contribution in [0.3, 0.4) is 0 Å². The third kappa shape index (κ3) is 6.77. The summed E-state index contributed by atoms with van der Waals surface area (Å²) in [6.45, 7) is -0.483. The number of halogens is 3. The van der Waals surface area contributed by atoms with Crippen molar-refractivity contribution < 1.29 is 41.6 Å². The average molecular weight is 632 g/mol. The van der Waals surface area contributed by atoms with Gasteiger partial charge >= 0.3 is 18.3 Å². The summed E-state index contributed by atoms with van der Waals surface area (Å²) in [4.78, 5) is 38.0. The Kier molecular flexibility index (Phi) is 9.60. The van der Waals surface area contributed by atoms with E-state index in [1.54, 1.807) is 44.2 Å². The van der Waals surface area contributed by atoms with Crippen LogP contribution in [0.2, 0.25) is 0 Å². The molecule has 42 heavy (non-hydrogen) atoms. The van der Waals surface area contributed by atoms with Crippen molar-refractivity contribution in [3.63, 3.8) is 0 Å². The molecule has 2 aromatic carbocycles. The van der Waals surface area contributed by atoms with E-state index < -0.39 is 73.1 Å². The molecule has 1 aliphatic rings. The third-order valence-corrected chi connectivity index (χ3v) is 8.85. The number of benzene rings is 2. The van der Waals surface area contributed by atoms with Crippen molar-refractivity contribution in [3.05, 3.63) is 75.6 Å². The lowest BCUT2D eigenvalue weighted by Gasteiger charge is -2.34. The number of rotatable bonds is 11. The molecule has 1 fully saturated rings. The van der Waals surface area contributed by atoms with E-state index in [0.717, 1.165) is 23.0 Å². The summed E-state index contributed by atoms with van der Waals surface area (Å²) in [5, 5.41) is 15.0. The van der Waals surface area contributed by atoms with Crippen LogP contribution in [0.25, 0.3) is 10.8 Å². The molecule has 1 aliphatic heterocycles. The quantitative estimate of drug-likeness (QED) is 0.214. The van der Waals surface area contributed by atoms with Gasteiger partial charge in [-0.1, -0.05) is 30.3 Å². The standard InChI is InChI=1S/C26H29F3N3O8PS/c1-14(2)38-23(35)15(3)31-41(42,40-18-9-8-16-6-4-5-7-17(16)12-18)37-13-26(24(28)29)21(34)20(27)22(39-26)32-11-10-19(33)30-25(32)36/h4-12,14-15,20-22,24,34H,13H2,1-3H3,(H,31,42)(H,30,33,36). The topological polar surface area (TPSA) is 141 Å². The fraction of sp³-hybridized carbons (Fsp3) is 0.423. The molecular formula is C26H29F3N3O8PS. The molecule has 6 atom stereocenters. The van der Waals surface area contributed by atoms with Gasteiger partial charge in [-0.05, 0) is 55.5 Å². The van der Waals surface area contributed by atoms with Gasteiger partial charge in [-0.25, -0.2) is 23.1 Å². The van der Waals surface area contributed by atoms with E-state index in [-0.39, 0.29) is 5.75 Å². The number of fused-ring (bicyclic) bond motifs is 1. The van der Waals surface area contributed by atoms with Crippen molar-refractivity contribution in [2.75, 3.05) is 6.61 Å². The second-order valence-electron chi connectivity index (χ2n) is 9.88. The van der Waals surface area contributed by atoms with Gasteiger partial charge < -0.3 is 23.6 Å². The second kappa shape index (κ2) is 12.7. The van der Waals surface area contributed by atoms with E-state index in [9.17, 15) is 28.3 Å². The van der Waals surface area contributed by atoms with Gasteiger partial charge in [0.25, 0.3) is 12.0 Å². The zero-order chi connectivity index (χ0) is 30.8. The Morgan fingerprint density at radius 2 is 1.88 bits per heavy atom. The number of nitrogens with zero attached hydrogens (tertiary/aromatic N) is 1. The Balaban J connectivity index is 1.65. The number of carbonyl (C=O) groups excluding carboxylic acids is 1. The van der Waals surface area contributed by atoms with E-state index in [1.165, 1.54) is 6.92 Å². The molecule has 228 valence electrons. The molecule has 11 nitrogen and oxygen atoms in total. The third-order valence-electron chi connectivity index (χ3n) is 6.37. The monoisotopic (exact) mass is 631 g/mol. The second-order valence-corrected chi connectivity index (χ2v) is 13.0. The first-order chi connectivity index (χ1) is 19.7. The highest BCUT2D eigenvalue weighted by Gasteiger charge is 2.62. The van der Waals surface area contributed by atoms with E-state index >= 15 is 4.39 Å². The zero-order valence-corrected chi connectivity index (χ0v) is 24.3. The Morgan fingerprint density at radius 3 is 2.52 bits per heavy atom. The first kappa shape index (κ1) is 31.9. The number of aliphatic hydroxyl groups excluding tert-OH is 1. The number of H-pyrrole nitrogens is 1. The van der Waals surface area contributed by atoms with E-state index in [2.05, 4.69) is 5.09 Å². The Bertz CT molecular complexity index is 1600. The van der Waals surface area contributed by atoms with Crippen LogP contribution >= 0.6 is 6.64 Å². The molecule has 1 saturated heterocycles. The molecule has 0 saturated carbocycles. The summed E-state index contributed by atoms with van der Waals surface area (Å²) in [5.74, 6) is -0.555. The summed E-state index contributed by atoms with van der Waals surface area (Å²) in [5.41, 5.74) is -4.96. The Morgan fingerprint density at radius 1 is 1.19 bits per heavy atom. The fourth-order valence-electron chi connectivity index (χ4n) is 4.25. The predicted octanol–water partition coefficient (Wildman–Crippen LogP) is 3.17. The lowest BCUT2D eigenvalue weighted by Crippen LogP contribution is -2.52. The summed E-state index contributed by atoms with van der Waals surface area (Å²) < 4.78 is 66.9. The van der Waals surface area contributed by atoms with E-state index in [4.69, 9.17) is 30.3 Å². The van der Waals surface area contributed by atoms with Gasteiger partial charge in [0, 0.05) is 12.3 Å². The molecule has 1 aromatic heterocycles. The normalized spacial score (nSPS) is 24.5. The van der Waals surface area contributed by atoms with Crippen LogP contribution in [-0.2, 0) is 30.6 Å². The summed E-state index contributed by atoms with van der Waals surface area (Å²) in [6, 6.07) is 11.9. The molecule has 6 unspecified atom stereocenters. The van der Waals surface area contributed by atoms with Crippen LogP contribution in [0.4, 0.5) is 13.2 Å². The molecule has 3 N–H and O–H groups in total. The Hall–Kier alpha value is -3.07. The van der Waals surface area contributed by atoms with Crippen molar-refractivity contribution in [3.8, 4) is 5.75 Å². The lowest BCUT2D eigenvalue weighted by molar-refractivity contribution is -0.192. The summed E-state index contributed by atoms with van der Waals surface area (Å²) >= 11 is 5.59. The molecular weight excluding hydrogens is 602 g/mol. The molecule has 4 rings (SSSR count). The first-order valence-electron chi connectivity index (χ1n) is 12.8. The van der Waals surface area contributed by atoms with Crippen LogP contribution in [0.15, 0.2) is 64.3 Å². The minimum absolute atomic E-state index is 0.175. The number of hydrogen-bond acceptors (Lipinski definition) is 9. The smallest absolute Gasteiger partial charge is 0.330 e. The number of alkyl halides is 3. The highest BCUT2D eigenvalue weighted by Crippen LogP contribution is 2.50. The molecule has 0 spiro atoms. The molecule has 3 aromatic rings. The zero-order valence-electron chi connectivity index (χ0n) is 22.6. The maximum absolute atomic E-state index is 15.2. The van der Waals surface area contributed by atoms with Crippen molar-refractivity contribution in [2.45, 2.75) is 63.4 Å². The molecule has 0 aliphatic carbocycles. The number of nitrogens with one attached hydrogen (secondary N) is 2. The van der Waals surface area contributed by atoms with Crippen molar-refractivity contribution in [2.24, 2.45) is 0 Å². The number of carbonyl (C=O) groups is 1. The van der Waals surface area contributed by atoms with Gasteiger partial charge in [-0.3, -0.25) is 19.1 Å². The maximum atomic E-state index is 15.2. The van der Waals surface area contributed by atoms with E-state index in [1.807, 2.05) is 17.1 Å². The molecule has 0 amide bonds. The molecule has 0 radical (unpaired) electrons. The summed E-state index contributed by atoms with van der Waals surface area (Å²) in [6.07, 6.45) is -10.2. The number of aliphatic hydroxyl groups is 1. The van der Waals surface area contributed by atoms with Crippen LogP contribution in [-0.4, -0.2) is 63.7 Å². The largest absolute Gasteiger partial charge is 0.462 e. The minimum atomic E-state index is -3.94. The number of hydrogen-bond donors (Lipinski definition) is 3. The SMILES string of the molecule is CC(C)OC(=O)C(C)NP(=S)(OCC1(C(F)F)OC(n2ccc(=O)[nH]c2=O)C(F)C1O)Oc1ccc2ccccc2c1. The van der Waals surface area contributed by atoms with Crippen LogP contribution in [0.5, 0.6) is 5.75 Å². The number of ether oxygens (including phenoxy) is 2. The van der Waals surface area contributed by atoms with Gasteiger partial charge in [-0.15, -0.1) is 0 Å². The summed E-state index contributed by atoms with van der Waals surface area (Å²) in [7, 11) is 0. The van der Waals surface area contributed by atoms with Crippen LogP contribution in [0.1, 0.15) is 27.0 Å². The average Bonchev–Trinajstić information content (AvgIpc) is 3.17. The van der Waals surface area contributed by atoms with Crippen molar-refractivity contribution in [1.82, 2.24) is 14.6 Å². The van der Waals surface area contributed by atoms with E-state index in [0.29, 0.717) is 4.57 Å². The number of aromatic nitrogens is 2. The van der Waals surface area contributed by atoms with Crippen molar-refractivity contribution >= 4 is 35.2 Å². The van der Waals surface area contributed by atoms with Gasteiger partial charge in [0.2, 0.25) is 0 Å².